The van der Waals surface area contributed by atoms with Crippen LogP contribution in [-0.2, 0) is 7.05 Å². The zero-order valence-electron chi connectivity index (χ0n) is 12.9. The van der Waals surface area contributed by atoms with Crippen molar-refractivity contribution < 1.29 is 0 Å². The van der Waals surface area contributed by atoms with Crippen LogP contribution in [0.25, 0.3) is 0 Å². The Morgan fingerprint density at radius 3 is 2.30 bits per heavy atom. The Balaban J connectivity index is 2.11. The molecule has 0 amide bonds. The molecule has 0 saturated carbocycles. The van der Waals surface area contributed by atoms with Crippen LogP contribution in [0.3, 0.4) is 0 Å². The molecule has 0 bridgehead atoms. The summed E-state index contributed by atoms with van der Waals surface area (Å²) in [7, 11) is 4.00. The highest BCUT2D eigenvalue weighted by molar-refractivity contribution is 6.30. The van der Waals surface area contributed by atoms with E-state index in [1.807, 2.05) is 18.7 Å². The lowest BCUT2D eigenvalue weighted by atomic mass is 10.1. The van der Waals surface area contributed by atoms with Gasteiger partial charge in [-0.1, -0.05) is 11.6 Å². The van der Waals surface area contributed by atoms with Crippen LogP contribution in [-0.4, -0.2) is 65.2 Å². The molecule has 1 aliphatic heterocycles. The molecule has 0 aliphatic carbocycles. The Bertz CT molecular complexity index is 404. The Labute approximate surface area is 126 Å². The van der Waals surface area contributed by atoms with Gasteiger partial charge < -0.3 is 9.88 Å². The van der Waals surface area contributed by atoms with Crippen molar-refractivity contribution in [1.82, 2.24) is 24.7 Å². The smallest absolute Gasteiger partial charge is 0.151 e. The van der Waals surface area contributed by atoms with Crippen LogP contribution in [0.5, 0.6) is 0 Å². The van der Waals surface area contributed by atoms with E-state index in [0.717, 1.165) is 38.4 Å². The standard InChI is InChI=1S/C14H26ClN5/c1-11(2)19-5-7-20(8-6-19)12(9-16-3)13-14(15)17-10-18(13)4/h10-12,16H,5-9H2,1-4H3. The number of hydrogen-bond acceptors (Lipinski definition) is 4. The van der Waals surface area contributed by atoms with Gasteiger partial charge in [0.05, 0.1) is 18.1 Å². The summed E-state index contributed by atoms with van der Waals surface area (Å²) in [5, 5.41) is 3.91. The molecular formula is C14H26ClN5. The van der Waals surface area contributed by atoms with Gasteiger partial charge in [0.15, 0.2) is 5.15 Å². The molecule has 0 spiro atoms. The summed E-state index contributed by atoms with van der Waals surface area (Å²) >= 11 is 6.28. The van der Waals surface area contributed by atoms with E-state index in [-0.39, 0.29) is 6.04 Å². The van der Waals surface area contributed by atoms with E-state index in [0.29, 0.717) is 11.2 Å². The van der Waals surface area contributed by atoms with Crippen LogP contribution < -0.4 is 5.32 Å². The third kappa shape index (κ3) is 3.34. The highest BCUT2D eigenvalue weighted by Crippen LogP contribution is 2.27. The third-order valence-electron chi connectivity index (χ3n) is 4.17. The van der Waals surface area contributed by atoms with E-state index in [4.69, 9.17) is 11.6 Å². The quantitative estimate of drug-likeness (QED) is 0.891. The summed E-state index contributed by atoms with van der Waals surface area (Å²) in [5.74, 6) is 0. The van der Waals surface area contributed by atoms with Gasteiger partial charge in [-0.15, -0.1) is 0 Å². The SMILES string of the molecule is CNCC(c1c(Cl)ncn1C)N1CCN(C(C)C)CC1. The average molecular weight is 300 g/mol. The Morgan fingerprint density at radius 2 is 1.85 bits per heavy atom. The zero-order chi connectivity index (χ0) is 14.7. The van der Waals surface area contributed by atoms with Gasteiger partial charge in [-0.2, -0.15) is 0 Å². The predicted molar refractivity (Wildman–Crippen MR) is 83.2 cm³/mol. The maximum absolute atomic E-state index is 6.28. The highest BCUT2D eigenvalue weighted by Gasteiger charge is 2.28. The minimum atomic E-state index is 0.286. The number of aryl methyl sites for hydroxylation is 1. The first-order valence-electron chi connectivity index (χ1n) is 7.34. The van der Waals surface area contributed by atoms with Gasteiger partial charge in [0.25, 0.3) is 0 Å². The molecule has 2 rings (SSSR count). The van der Waals surface area contributed by atoms with Crippen molar-refractivity contribution in [3.8, 4) is 0 Å². The van der Waals surface area contributed by atoms with Gasteiger partial charge in [0.1, 0.15) is 0 Å². The van der Waals surface area contributed by atoms with E-state index in [9.17, 15) is 0 Å². The van der Waals surface area contributed by atoms with E-state index in [1.54, 1.807) is 6.33 Å². The molecule has 1 saturated heterocycles. The molecule has 0 radical (unpaired) electrons. The number of likely N-dealkylation sites (N-methyl/N-ethyl adjacent to an activating group) is 1. The fourth-order valence-electron chi connectivity index (χ4n) is 2.94. The van der Waals surface area contributed by atoms with Crippen LogP contribution in [0.15, 0.2) is 6.33 Å². The summed E-state index contributed by atoms with van der Waals surface area (Å²) in [6.07, 6.45) is 1.80. The molecule has 1 unspecified atom stereocenters. The lowest BCUT2D eigenvalue weighted by molar-refractivity contribution is 0.0758. The number of imidazole rings is 1. The van der Waals surface area contributed by atoms with E-state index < -0.39 is 0 Å². The molecule has 114 valence electrons. The molecule has 1 fully saturated rings. The van der Waals surface area contributed by atoms with Gasteiger partial charge >= 0.3 is 0 Å². The lowest BCUT2D eigenvalue weighted by Gasteiger charge is -2.40. The largest absolute Gasteiger partial charge is 0.335 e. The number of aromatic nitrogens is 2. The molecule has 1 atom stereocenters. The molecular weight excluding hydrogens is 274 g/mol. The first-order valence-corrected chi connectivity index (χ1v) is 7.71. The predicted octanol–water partition coefficient (Wildman–Crippen LogP) is 1.36. The number of rotatable bonds is 5. The highest BCUT2D eigenvalue weighted by atomic mass is 35.5. The second-order valence-corrected chi connectivity index (χ2v) is 6.13. The second-order valence-electron chi connectivity index (χ2n) is 5.77. The Morgan fingerprint density at radius 1 is 1.25 bits per heavy atom. The average Bonchev–Trinajstić information content (AvgIpc) is 2.76. The maximum atomic E-state index is 6.28. The van der Waals surface area contributed by atoms with Crippen LogP contribution in [0.2, 0.25) is 5.15 Å². The van der Waals surface area contributed by atoms with Gasteiger partial charge in [0, 0.05) is 45.8 Å². The topological polar surface area (TPSA) is 36.3 Å². The molecule has 1 N–H and O–H groups in total. The minimum Gasteiger partial charge on any atom is -0.335 e. The maximum Gasteiger partial charge on any atom is 0.151 e. The number of nitrogens with one attached hydrogen (secondary N) is 1. The number of piperazine rings is 1. The molecule has 6 heteroatoms. The van der Waals surface area contributed by atoms with Crippen molar-refractivity contribution in [1.29, 1.82) is 0 Å². The van der Waals surface area contributed by atoms with Crippen LogP contribution in [0, 0.1) is 0 Å². The summed E-state index contributed by atoms with van der Waals surface area (Å²) in [6.45, 7) is 9.80. The van der Waals surface area contributed by atoms with Crippen molar-refractivity contribution in [3.63, 3.8) is 0 Å². The molecule has 1 aromatic rings. The Hall–Kier alpha value is -0.620. The molecule has 1 aliphatic rings. The summed E-state index contributed by atoms with van der Waals surface area (Å²) in [5.41, 5.74) is 1.11. The van der Waals surface area contributed by atoms with Crippen molar-refractivity contribution >= 4 is 11.6 Å². The van der Waals surface area contributed by atoms with E-state index in [2.05, 4.69) is 33.9 Å². The van der Waals surface area contributed by atoms with Gasteiger partial charge in [0.2, 0.25) is 0 Å². The third-order valence-corrected chi connectivity index (χ3v) is 4.46. The van der Waals surface area contributed by atoms with Crippen LogP contribution >= 0.6 is 11.6 Å². The number of halogens is 1. The van der Waals surface area contributed by atoms with Crippen LogP contribution in [0.4, 0.5) is 0 Å². The normalized spacial score (nSPS) is 19.7. The molecule has 5 nitrogen and oxygen atoms in total. The van der Waals surface area contributed by atoms with Crippen molar-refractivity contribution in [3.05, 3.63) is 17.2 Å². The first kappa shape index (κ1) is 15.8. The van der Waals surface area contributed by atoms with Gasteiger partial charge in [-0.3, -0.25) is 9.80 Å². The fraction of sp³-hybridized carbons (Fsp3) is 0.786. The monoisotopic (exact) mass is 299 g/mol. The second kappa shape index (κ2) is 6.89. The van der Waals surface area contributed by atoms with Crippen LogP contribution in [0.1, 0.15) is 25.6 Å². The van der Waals surface area contributed by atoms with E-state index in [1.165, 1.54) is 0 Å². The lowest BCUT2D eigenvalue weighted by Crippen LogP contribution is -2.51. The van der Waals surface area contributed by atoms with Gasteiger partial charge in [-0.25, -0.2) is 4.98 Å². The minimum absolute atomic E-state index is 0.286. The van der Waals surface area contributed by atoms with Crippen molar-refractivity contribution in [2.24, 2.45) is 7.05 Å². The summed E-state index contributed by atoms with van der Waals surface area (Å²) in [6, 6.07) is 0.912. The van der Waals surface area contributed by atoms with Crippen molar-refractivity contribution in [2.75, 3.05) is 39.8 Å². The molecule has 0 aromatic carbocycles. The van der Waals surface area contributed by atoms with E-state index >= 15 is 0 Å². The van der Waals surface area contributed by atoms with Gasteiger partial charge in [-0.05, 0) is 20.9 Å². The first-order chi connectivity index (χ1) is 9.54. The summed E-state index contributed by atoms with van der Waals surface area (Å²) in [4.78, 5) is 9.26. The summed E-state index contributed by atoms with van der Waals surface area (Å²) < 4.78 is 2.04. The van der Waals surface area contributed by atoms with Crippen molar-refractivity contribution in [2.45, 2.75) is 25.9 Å². The molecule has 1 aromatic heterocycles. The molecule has 20 heavy (non-hydrogen) atoms. The Kier molecular flexibility index (Phi) is 5.43. The number of nitrogens with zero attached hydrogens (tertiary/aromatic N) is 4. The molecule has 2 heterocycles. The zero-order valence-corrected chi connectivity index (χ0v) is 13.7. The fourth-order valence-corrected chi connectivity index (χ4v) is 3.24. The number of hydrogen-bond donors (Lipinski definition) is 1.